The molecule has 1 aliphatic rings. The van der Waals surface area contributed by atoms with Crippen LogP contribution in [0.5, 0.6) is 0 Å². The molecule has 6 heteroatoms. The van der Waals surface area contributed by atoms with E-state index < -0.39 is 0 Å². The summed E-state index contributed by atoms with van der Waals surface area (Å²) in [5.74, 6) is 1.21. The summed E-state index contributed by atoms with van der Waals surface area (Å²) in [5.41, 5.74) is 8.21. The van der Waals surface area contributed by atoms with Gasteiger partial charge in [0.05, 0.1) is 0 Å². The van der Waals surface area contributed by atoms with Crippen molar-refractivity contribution in [3.8, 4) is 0 Å². The van der Waals surface area contributed by atoms with Gasteiger partial charge in [0.25, 0.3) is 5.91 Å². The van der Waals surface area contributed by atoms with Crippen molar-refractivity contribution in [2.45, 2.75) is 25.3 Å². The Labute approximate surface area is 146 Å². The van der Waals surface area contributed by atoms with Crippen LogP contribution in [0.4, 0.5) is 0 Å². The molecule has 1 aliphatic heterocycles. The molecule has 0 spiro atoms. The van der Waals surface area contributed by atoms with Crippen molar-refractivity contribution in [1.29, 1.82) is 0 Å². The van der Waals surface area contributed by atoms with E-state index in [4.69, 9.17) is 5.73 Å². The predicted molar refractivity (Wildman–Crippen MR) is 95.2 cm³/mol. The van der Waals surface area contributed by atoms with E-state index in [9.17, 15) is 4.79 Å². The van der Waals surface area contributed by atoms with E-state index in [2.05, 4.69) is 10.2 Å². The van der Waals surface area contributed by atoms with Crippen molar-refractivity contribution in [3.63, 3.8) is 0 Å². The smallest absolute Gasteiger partial charge is 0.253 e. The van der Waals surface area contributed by atoms with Crippen LogP contribution in [0.25, 0.3) is 5.65 Å². The van der Waals surface area contributed by atoms with Gasteiger partial charge >= 0.3 is 0 Å². The Kier molecular flexibility index (Phi) is 4.19. The fraction of sp³-hybridized carbons (Fsp3) is 0.316. The Bertz CT molecular complexity index is 886. The van der Waals surface area contributed by atoms with Gasteiger partial charge in [-0.25, -0.2) is 0 Å². The van der Waals surface area contributed by atoms with Crippen LogP contribution >= 0.6 is 0 Å². The first kappa shape index (κ1) is 15.8. The standard InChI is InChI=1S/C19H21N5O/c20-12-14-6-8-15(9-7-14)19(25)23-10-3-4-16(13-23)18-22-21-17-5-1-2-11-24(17)18/h1-2,5-9,11,16H,3-4,10,12-13,20H2. The number of benzene rings is 1. The van der Waals surface area contributed by atoms with E-state index in [0.29, 0.717) is 18.7 Å². The number of fused-ring (bicyclic) bond motifs is 1. The zero-order valence-corrected chi connectivity index (χ0v) is 14.0. The fourth-order valence-corrected chi connectivity index (χ4v) is 3.48. The molecule has 25 heavy (non-hydrogen) atoms. The third-order valence-corrected chi connectivity index (χ3v) is 4.85. The topological polar surface area (TPSA) is 76.5 Å². The molecule has 6 nitrogen and oxygen atoms in total. The number of carbonyl (C=O) groups excluding carboxylic acids is 1. The van der Waals surface area contributed by atoms with E-state index in [-0.39, 0.29) is 11.8 Å². The number of nitrogens with zero attached hydrogens (tertiary/aromatic N) is 4. The van der Waals surface area contributed by atoms with Crippen LogP contribution in [0.15, 0.2) is 48.7 Å². The first-order valence-electron chi connectivity index (χ1n) is 8.64. The van der Waals surface area contributed by atoms with E-state index >= 15 is 0 Å². The van der Waals surface area contributed by atoms with Gasteiger partial charge in [-0.2, -0.15) is 0 Å². The molecule has 0 saturated carbocycles. The maximum absolute atomic E-state index is 12.8. The third-order valence-electron chi connectivity index (χ3n) is 4.85. The number of piperidine rings is 1. The second-order valence-electron chi connectivity index (χ2n) is 6.48. The van der Waals surface area contributed by atoms with Gasteiger partial charge < -0.3 is 10.6 Å². The van der Waals surface area contributed by atoms with Crippen molar-refractivity contribution >= 4 is 11.6 Å². The number of nitrogens with two attached hydrogens (primary N) is 1. The highest BCUT2D eigenvalue weighted by Gasteiger charge is 2.28. The molecule has 4 rings (SSSR count). The molecule has 1 fully saturated rings. The minimum atomic E-state index is 0.0714. The number of pyridine rings is 1. The molecule has 1 atom stereocenters. The molecule has 2 aromatic heterocycles. The fourth-order valence-electron chi connectivity index (χ4n) is 3.48. The quantitative estimate of drug-likeness (QED) is 0.796. The summed E-state index contributed by atoms with van der Waals surface area (Å²) in [5, 5.41) is 8.61. The normalized spacial score (nSPS) is 17.8. The van der Waals surface area contributed by atoms with Crippen molar-refractivity contribution in [2.24, 2.45) is 5.73 Å². The lowest BCUT2D eigenvalue weighted by Crippen LogP contribution is -2.39. The van der Waals surface area contributed by atoms with E-state index in [1.807, 2.05) is 58.0 Å². The number of hydrogen-bond donors (Lipinski definition) is 1. The average molecular weight is 335 g/mol. The van der Waals surface area contributed by atoms with E-state index in [0.717, 1.165) is 36.4 Å². The molecule has 1 amide bonds. The number of aromatic nitrogens is 3. The minimum absolute atomic E-state index is 0.0714. The molecule has 1 saturated heterocycles. The molecule has 3 aromatic rings. The lowest BCUT2D eigenvalue weighted by atomic mass is 9.96. The number of carbonyl (C=O) groups is 1. The third kappa shape index (κ3) is 3.00. The molecule has 0 aliphatic carbocycles. The number of rotatable bonds is 3. The Morgan fingerprint density at radius 2 is 2.00 bits per heavy atom. The van der Waals surface area contributed by atoms with Crippen LogP contribution in [0.1, 0.15) is 40.5 Å². The maximum atomic E-state index is 12.8. The summed E-state index contributed by atoms with van der Waals surface area (Å²) >= 11 is 0. The second kappa shape index (κ2) is 6.64. The van der Waals surface area contributed by atoms with Gasteiger partial charge in [-0.05, 0) is 42.7 Å². The molecule has 128 valence electrons. The van der Waals surface area contributed by atoms with Gasteiger partial charge in [0.1, 0.15) is 5.82 Å². The Morgan fingerprint density at radius 3 is 2.80 bits per heavy atom. The van der Waals surface area contributed by atoms with Crippen LogP contribution in [0, 0.1) is 0 Å². The van der Waals surface area contributed by atoms with Crippen molar-refractivity contribution in [3.05, 3.63) is 65.6 Å². The highest BCUT2D eigenvalue weighted by atomic mass is 16.2. The van der Waals surface area contributed by atoms with Crippen LogP contribution in [-0.2, 0) is 6.54 Å². The van der Waals surface area contributed by atoms with Crippen LogP contribution in [0.2, 0.25) is 0 Å². The van der Waals surface area contributed by atoms with Gasteiger partial charge in [-0.3, -0.25) is 9.20 Å². The summed E-state index contributed by atoms with van der Waals surface area (Å²) in [6.07, 6.45) is 3.97. The monoisotopic (exact) mass is 335 g/mol. The van der Waals surface area contributed by atoms with Crippen LogP contribution < -0.4 is 5.73 Å². The van der Waals surface area contributed by atoms with Gasteiger partial charge in [-0.1, -0.05) is 18.2 Å². The van der Waals surface area contributed by atoms with Crippen LogP contribution in [-0.4, -0.2) is 38.5 Å². The zero-order valence-electron chi connectivity index (χ0n) is 14.0. The Morgan fingerprint density at radius 1 is 1.16 bits per heavy atom. The first-order valence-corrected chi connectivity index (χ1v) is 8.64. The Hall–Kier alpha value is -2.73. The van der Waals surface area contributed by atoms with Gasteiger partial charge in [0.2, 0.25) is 0 Å². The second-order valence-corrected chi connectivity index (χ2v) is 6.48. The number of hydrogen-bond acceptors (Lipinski definition) is 4. The summed E-state index contributed by atoms with van der Waals surface area (Å²) < 4.78 is 2.02. The molecular weight excluding hydrogens is 314 g/mol. The Balaban J connectivity index is 1.55. The maximum Gasteiger partial charge on any atom is 0.253 e. The van der Waals surface area contributed by atoms with Gasteiger partial charge in [-0.15, -0.1) is 10.2 Å². The SMILES string of the molecule is NCc1ccc(C(=O)N2CCCC(c3nnc4ccccn34)C2)cc1. The minimum Gasteiger partial charge on any atom is -0.338 e. The largest absolute Gasteiger partial charge is 0.338 e. The summed E-state index contributed by atoms with van der Waals surface area (Å²) in [7, 11) is 0. The predicted octanol–water partition coefficient (Wildman–Crippen LogP) is 2.21. The molecule has 1 unspecified atom stereocenters. The van der Waals surface area contributed by atoms with E-state index in [1.54, 1.807) is 0 Å². The molecule has 0 radical (unpaired) electrons. The highest BCUT2D eigenvalue weighted by molar-refractivity contribution is 5.94. The van der Waals surface area contributed by atoms with Crippen molar-refractivity contribution < 1.29 is 4.79 Å². The summed E-state index contributed by atoms with van der Waals surface area (Å²) in [6, 6.07) is 13.4. The lowest BCUT2D eigenvalue weighted by molar-refractivity contribution is 0.0704. The highest BCUT2D eigenvalue weighted by Crippen LogP contribution is 2.27. The molecule has 0 bridgehead atoms. The van der Waals surface area contributed by atoms with Gasteiger partial charge in [0, 0.05) is 37.3 Å². The average Bonchev–Trinajstić information content (AvgIpc) is 3.12. The molecule has 1 aromatic carbocycles. The first-order chi connectivity index (χ1) is 12.3. The number of likely N-dealkylation sites (tertiary alicyclic amines) is 1. The lowest BCUT2D eigenvalue weighted by Gasteiger charge is -2.32. The van der Waals surface area contributed by atoms with Crippen LogP contribution in [0.3, 0.4) is 0 Å². The van der Waals surface area contributed by atoms with Crippen molar-refractivity contribution in [2.75, 3.05) is 13.1 Å². The summed E-state index contributed by atoms with van der Waals surface area (Å²) in [4.78, 5) is 14.8. The molecular formula is C19H21N5O. The van der Waals surface area contributed by atoms with Crippen molar-refractivity contribution in [1.82, 2.24) is 19.5 Å². The van der Waals surface area contributed by atoms with Gasteiger partial charge in [0.15, 0.2) is 5.65 Å². The molecule has 3 heterocycles. The summed E-state index contributed by atoms with van der Waals surface area (Å²) in [6.45, 7) is 1.94. The number of amides is 1. The zero-order chi connectivity index (χ0) is 17.2. The van der Waals surface area contributed by atoms with E-state index in [1.165, 1.54) is 0 Å². The molecule has 2 N–H and O–H groups in total.